The fraction of sp³-hybridized carbons (Fsp3) is 0.350. The Morgan fingerprint density at radius 2 is 1.71 bits per heavy atom. The third kappa shape index (κ3) is 4.51. The molecule has 3 rings (SSSR count). The standard InChI is InChI=1S/C20H24N4O4/c1-26-15-10-14(11-16(27-2)20(15)28-3)6-7-19(25)23-17-12-18(22-13-21-17)24-8-4-5-9-24/h6-7,10-13H,4-5,8-9H2,1-3H3,(H,21,22,23,25)/b7-6+. The summed E-state index contributed by atoms with van der Waals surface area (Å²) in [7, 11) is 4.64. The number of nitrogens with zero attached hydrogens (tertiary/aromatic N) is 3. The lowest BCUT2D eigenvalue weighted by Crippen LogP contribution is -2.19. The van der Waals surface area contributed by atoms with Crippen molar-refractivity contribution in [3.63, 3.8) is 0 Å². The summed E-state index contributed by atoms with van der Waals surface area (Å²) in [6.07, 6.45) is 6.87. The molecule has 0 radical (unpaired) electrons. The maximum Gasteiger partial charge on any atom is 0.249 e. The van der Waals surface area contributed by atoms with Crippen molar-refractivity contribution in [3.05, 3.63) is 36.2 Å². The van der Waals surface area contributed by atoms with Gasteiger partial charge in [-0.1, -0.05) is 0 Å². The van der Waals surface area contributed by atoms with E-state index in [0.29, 0.717) is 23.1 Å². The van der Waals surface area contributed by atoms with Crippen LogP contribution in [0.15, 0.2) is 30.6 Å². The van der Waals surface area contributed by atoms with E-state index < -0.39 is 0 Å². The summed E-state index contributed by atoms with van der Waals surface area (Å²) in [5.41, 5.74) is 0.741. The van der Waals surface area contributed by atoms with Crippen LogP contribution < -0.4 is 24.4 Å². The number of hydrogen-bond acceptors (Lipinski definition) is 7. The number of benzene rings is 1. The molecule has 1 aromatic heterocycles. The highest BCUT2D eigenvalue weighted by Gasteiger charge is 2.15. The van der Waals surface area contributed by atoms with Gasteiger partial charge in [-0.15, -0.1) is 0 Å². The van der Waals surface area contributed by atoms with Crippen molar-refractivity contribution in [2.45, 2.75) is 12.8 Å². The van der Waals surface area contributed by atoms with Crippen molar-refractivity contribution in [2.24, 2.45) is 0 Å². The molecule has 28 heavy (non-hydrogen) atoms. The van der Waals surface area contributed by atoms with E-state index in [0.717, 1.165) is 37.3 Å². The van der Waals surface area contributed by atoms with Crippen LogP contribution in [0.1, 0.15) is 18.4 Å². The van der Waals surface area contributed by atoms with Crippen LogP contribution in [-0.2, 0) is 4.79 Å². The first kappa shape index (κ1) is 19.5. The molecule has 1 saturated heterocycles. The molecule has 1 aliphatic rings. The van der Waals surface area contributed by atoms with E-state index in [-0.39, 0.29) is 5.91 Å². The molecule has 1 aromatic carbocycles. The number of carbonyl (C=O) groups is 1. The van der Waals surface area contributed by atoms with Gasteiger partial charge < -0.3 is 24.4 Å². The Morgan fingerprint density at radius 3 is 2.32 bits per heavy atom. The summed E-state index contributed by atoms with van der Waals surface area (Å²) in [5, 5.41) is 2.77. The highest BCUT2D eigenvalue weighted by Crippen LogP contribution is 2.38. The van der Waals surface area contributed by atoms with Gasteiger partial charge in [-0.3, -0.25) is 4.79 Å². The van der Waals surface area contributed by atoms with Crippen molar-refractivity contribution in [1.29, 1.82) is 0 Å². The van der Waals surface area contributed by atoms with Gasteiger partial charge in [0.15, 0.2) is 11.5 Å². The lowest BCUT2D eigenvalue weighted by atomic mass is 10.1. The van der Waals surface area contributed by atoms with Crippen molar-refractivity contribution in [3.8, 4) is 17.2 Å². The molecular weight excluding hydrogens is 360 g/mol. The number of nitrogens with one attached hydrogen (secondary N) is 1. The van der Waals surface area contributed by atoms with Gasteiger partial charge in [0.2, 0.25) is 11.7 Å². The minimum atomic E-state index is -0.292. The molecule has 2 heterocycles. The maximum atomic E-state index is 12.3. The summed E-state index contributed by atoms with van der Waals surface area (Å²) >= 11 is 0. The molecule has 0 atom stereocenters. The minimum absolute atomic E-state index is 0.292. The number of amides is 1. The molecule has 8 heteroatoms. The molecule has 1 amide bonds. The first-order chi connectivity index (χ1) is 13.6. The molecule has 1 N–H and O–H groups in total. The van der Waals surface area contributed by atoms with E-state index in [1.54, 1.807) is 45.6 Å². The molecule has 2 aromatic rings. The van der Waals surface area contributed by atoms with E-state index >= 15 is 0 Å². The Hall–Kier alpha value is -3.29. The predicted octanol–water partition coefficient (Wildman–Crippen LogP) is 2.75. The molecular formula is C20H24N4O4. The van der Waals surface area contributed by atoms with Crippen molar-refractivity contribution in [2.75, 3.05) is 44.6 Å². The molecule has 0 aliphatic carbocycles. The first-order valence-corrected chi connectivity index (χ1v) is 9.00. The Morgan fingerprint density at radius 1 is 1.04 bits per heavy atom. The van der Waals surface area contributed by atoms with Crippen LogP contribution in [0, 0.1) is 0 Å². The zero-order chi connectivity index (χ0) is 19.9. The Balaban J connectivity index is 1.71. The fourth-order valence-electron chi connectivity index (χ4n) is 3.07. The van der Waals surface area contributed by atoms with Gasteiger partial charge >= 0.3 is 0 Å². The lowest BCUT2D eigenvalue weighted by molar-refractivity contribution is -0.111. The monoisotopic (exact) mass is 384 g/mol. The lowest BCUT2D eigenvalue weighted by Gasteiger charge is -2.16. The number of methoxy groups -OCH3 is 3. The summed E-state index contributed by atoms with van der Waals surface area (Å²) in [4.78, 5) is 22.9. The zero-order valence-electron chi connectivity index (χ0n) is 16.3. The Bertz CT molecular complexity index is 838. The fourth-order valence-corrected chi connectivity index (χ4v) is 3.07. The van der Waals surface area contributed by atoms with Gasteiger partial charge in [-0.2, -0.15) is 0 Å². The SMILES string of the molecule is COc1cc(/C=C/C(=O)Nc2cc(N3CCCC3)ncn2)cc(OC)c1OC. The van der Waals surface area contributed by atoms with E-state index in [4.69, 9.17) is 14.2 Å². The van der Waals surface area contributed by atoms with Gasteiger partial charge in [-0.25, -0.2) is 9.97 Å². The smallest absolute Gasteiger partial charge is 0.249 e. The van der Waals surface area contributed by atoms with Gasteiger partial charge in [0.05, 0.1) is 21.3 Å². The van der Waals surface area contributed by atoms with Crippen LogP contribution in [0.5, 0.6) is 17.2 Å². The molecule has 0 spiro atoms. The summed E-state index contributed by atoms with van der Waals surface area (Å²) in [5.74, 6) is 2.55. The molecule has 8 nitrogen and oxygen atoms in total. The topological polar surface area (TPSA) is 85.8 Å². The van der Waals surface area contributed by atoms with Crippen LogP contribution in [0.25, 0.3) is 6.08 Å². The second kappa shape index (κ2) is 9.07. The van der Waals surface area contributed by atoms with E-state index in [1.165, 1.54) is 12.4 Å². The summed E-state index contributed by atoms with van der Waals surface area (Å²) < 4.78 is 15.9. The summed E-state index contributed by atoms with van der Waals surface area (Å²) in [6.45, 7) is 1.96. The molecule has 0 bridgehead atoms. The Kier molecular flexibility index (Phi) is 6.31. The molecule has 1 fully saturated rings. The third-order valence-electron chi connectivity index (χ3n) is 4.45. The van der Waals surface area contributed by atoms with Crippen LogP contribution in [0.2, 0.25) is 0 Å². The van der Waals surface area contributed by atoms with Crippen LogP contribution in [0.4, 0.5) is 11.6 Å². The van der Waals surface area contributed by atoms with Gasteiger partial charge in [0.1, 0.15) is 18.0 Å². The van der Waals surface area contributed by atoms with Gasteiger partial charge in [0.25, 0.3) is 0 Å². The van der Waals surface area contributed by atoms with Crippen molar-refractivity contribution >= 4 is 23.6 Å². The highest BCUT2D eigenvalue weighted by molar-refractivity contribution is 6.01. The van der Waals surface area contributed by atoms with E-state index in [2.05, 4.69) is 20.2 Å². The average Bonchev–Trinajstić information content (AvgIpc) is 3.26. The normalized spacial score (nSPS) is 13.6. The van der Waals surface area contributed by atoms with E-state index in [9.17, 15) is 4.79 Å². The second-order valence-corrected chi connectivity index (χ2v) is 6.24. The van der Waals surface area contributed by atoms with Crippen molar-refractivity contribution < 1.29 is 19.0 Å². The van der Waals surface area contributed by atoms with Crippen LogP contribution in [0.3, 0.4) is 0 Å². The largest absolute Gasteiger partial charge is 0.493 e. The van der Waals surface area contributed by atoms with Gasteiger partial charge in [-0.05, 0) is 36.6 Å². The van der Waals surface area contributed by atoms with Crippen LogP contribution >= 0.6 is 0 Å². The number of hydrogen-bond donors (Lipinski definition) is 1. The maximum absolute atomic E-state index is 12.3. The molecule has 148 valence electrons. The predicted molar refractivity (Wildman–Crippen MR) is 107 cm³/mol. The van der Waals surface area contributed by atoms with Crippen LogP contribution in [-0.4, -0.2) is 50.3 Å². The average molecular weight is 384 g/mol. The first-order valence-electron chi connectivity index (χ1n) is 9.00. The van der Waals surface area contributed by atoms with Crippen molar-refractivity contribution in [1.82, 2.24) is 9.97 Å². The number of anilines is 2. The highest BCUT2D eigenvalue weighted by atomic mass is 16.5. The van der Waals surface area contributed by atoms with Gasteiger partial charge in [0, 0.05) is 25.2 Å². The molecule has 1 aliphatic heterocycles. The number of aromatic nitrogens is 2. The third-order valence-corrected chi connectivity index (χ3v) is 4.45. The second-order valence-electron chi connectivity index (χ2n) is 6.24. The summed E-state index contributed by atoms with van der Waals surface area (Å²) in [6, 6.07) is 5.32. The molecule has 0 saturated carbocycles. The van der Waals surface area contributed by atoms with E-state index in [1.807, 2.05) is 0 Å². The zero-order valence-corrected chi connectivity index (χ0v) is 16.3. The molecule has 0 unspecified atom stereocenters. The number of rotatable bonds is 7. The Labute approximate surface area is 164 Å². The number of ether oxygens (including phenoxy) is 3. The quantitative estimate of drug-likeness (QED) is 0.735. The number of carbonyl (C=O) groups excluding carboxylic acids is 1. The minimum Gasteiger partial charge on any atom is -0.493 e.